The van der Waals surface area contributed by atoms with Gasteiger partial charge in [0, 0.05) is 29.4 Å². The van der Waals surface area contributed by atoms with Crippen LogP contribution in [-0.2, 0) is 9.53 Å². The SMILES string of the molecule is CCOC(=O)CNC(=O)N[C@H]1C=C[C@@H](c2c(C)nn(-c3ccccn3)c2C)C1. The minimum atomic E-state index is -0.453. The maximum absolute atomic E-state index is 12.0. The molecule has 2 aromatic rings. The number of nitrogens with one attached hydrogen (secondary N) is 2. The summed E-state index contributed by atoms with van der Waals surface area (Å²) in [6.45, 7) is 5.89. The number of carbonyl (C=O) groups excluding carboxylic acids is 2. The lowest BCUT2D eigenvalue weighted by atomic mass is 9.96. The first-order valence-electron chi connectivity index (χ1n) is 9.35. The lowest BCUT2D eigenvalue weighted by Gasteiger charge is -2.15. The summed E-state index contributed by atoms with van der Waals surface area (Å²) in [7, 11) is 0. The molecule has 0 unspecified atom stereocenters. The highest BCUT2D eigenvalue weighted by Crippen LogP contribution is 2.33. The van der Waals surface area contributed by atoms with Gasteiger partial charge >= 0.3 is 12.0 Å². The van der Waals surface area contributed by atoms with Crippen LogP contribution in [0.4, 0.5) is 4.79 Å². The van der Waals surface area contributed by atoms with Crippen molar-refractivity contribution in [3.63, 3.8) is 0 Å². The van der Waals surface area contributed by atoms with E-state index in [9.17, 15) is 9.59 Å². The molecule has 2 N–H and O–H groups in total. The van der Waals surface area contributed by atoms with E-state index >= 15 is 0 Å². The largest absolute Gasteiger partial charge is 0.465 e. The molecule has 0 bridgehead atoms. The zero-order valence-corrected chi connectivity index (χ0v) is 16.3. The fraction of sp³-hybridized carbons (Fsp3) is 0.400. The summed E-state index contributed by atoms with van der Waals surface area (Å²) in [5.74, 6) is 0.489. The molecule has 0 saturated carbocycles. The van der Waals surface area contributed by atoms with E-state index in [-0.39, 0.29) is 24.5 Å². The van der Waals surface area contributed by atoms with Gasteiger partial charge in [-0.2, -0.15) is 5.10 Å². The van der Waals surface area contributed by atoms with E-state index in [1.807, 2.05) is 42.8 Å². The van der Waals surface area contributed by atoms with Crippen LogP contribution < -0.4 is 10.6 Å². The van der Waals surface area contributed by atoms with Crippen LogP contribution in [0.25, 0.3) is 5.82 Å². The number of aryl methyl sites for hydroxylation is 1. The summed E-state index contributed by atoms with van der Waals surface area (Å²) < 4.78 is 6.64. The summed E-state index contributed by atoms with van der Waals surface area (Å²) in [5.41, 5.74) is 3.14. The third-order valence-corrected chi connectivity index (χ3v) is 4.68. The molecule has 148 valence electrons. The van der Waals surface area contributed by atoms with Gasteiger partial charge < -0.3 is 15.4 Å². The fourth-order valence-electron chi connectivity index (χ4n) is 3.50. The Hall–Kier alpha value is -3.16. The van der Waals surface area contributed by atoms with Crippen molar-refractivity contribution in [3.8, 4) is 5.82 Å². The van der Waals surface area contributed by atoms with Crippen LogP contribution >= 0.6 is 0 Å². The minimum absolute atomic E-state index is 0.107. The molecule has 0 fully saturated rings. The summed E-state index contributed by atoms with van der Waals surface area (Å²) in [5, 5.41) is 10.0. The first-order valence-corrected chi connectivity index (χ1v) is 9.35. The average Bonchev–Trinajstić information content (AvgIpc) is 3.24. The molecule has 0 radical (unpaired) electrons. The second kappa shape index (κ2) is 8.69. The van der Waals surface area contributed by atoms with Gasteiger partial charge in [-0.15, -0.1) is 0 Å². The highest BCUT2D eigenvalue weighted by Gasteiger charge is 2.27. The molecule has 8 heteroatoms. The zero-order valence-electron chi connectivity index (χ0n) is 16.3. The number of hydrogen-bond acceptors (Lipinski definition) is 5. The zero-order chi connectivity index (χ0) is 20.1. The number of pyridine rings is 1. The van der Waals surface area contributed by atoms with Gasteiger partial charge in [-0.3, -0.25) is 4.79 Å². The molecule has 2 amide bonds. The number of carbonyl (C=O) groups is 2. The summed E-state index contributed by atoms with van der Waals surface area (Å²) in [6.07, 6.45) is 6.56. The van der Waals surface area contributed by atoms with Crippen LogP contribution in [0.2, 0.25) is 0 Å². The van der Waals surface area contributed by atoms with Crippen molar-refractivity contribution >= 4 is 12.0 Å². The van der Waals surface area contributed by atoms with E-state index in [1.54, 1.807) is 13.1 Å². The quantitative estimate of drug-likeness (QED) is 0.588. The molecule has 2 atom stereocenters. The van der Waals surface area contributed by atoms with Crippen LogP contribution in [0, 0.1) is 13.8 Å². The van der Waals surface area contributed by atoms with Gasteiger partial charge in [0.2, 0.25) is 0 Å². The fourth-order valence-corrected chi connectivity index (χ4v) is 3.50. The number of hydrogen-bond donors (Lipinski definition) is 2. The second-order valence-corrected chi connectivity index (χ2v) is 6.65. The standard InChI is InChI=1S/C20H25N5O3/c1-4-28-18(26)12-22-20(27)23-16-9-8-15(11-16)19-13(2)24-25(14(19)3)17-7-5-6-10-21-17/h5-10,15-16H,4,11-12H2,1-3H3,(H2,22,23,27)/t15-,16+/m1/s1. The van der Waals surface area contributed by atoms with Gasteiger partial charge in [-0.05, 0) is 39.3 Å². The van der Waals surface area contributed by atoms with Crippen LogP contribution in [0.5, 0.6) is 0 Å². The van der Waals surface area contributed by atoms with E-state index in [0.29, 0.717) is 6.61 Å². The maximum Gasteiger partial charge on any atom is 0.325 e. The van der Waals surface area contributed by atoms with E-state index in [4.69, 9.17) is 4.74 Å². The maximum atomic E-state index is 12.0. The molecule has 28 heavy (non-hydrogen) atoms. The van der Waals surface area contributed by atoms with Crippen LogP contribution in [0.15, 0.2) is 36.5 Å². The number of allylic oxidation sites excluding steroid dienone is 1. The minimum Gasteiger partial charge on any atom is -0.465 e. The Kier molecular flexibility index (Phi) is 6.08. The van der Waals surface area contributed by atoms with Crippen LogP contribution in [0.3, 0.4) is 0 Å². The van der Waals surface area contributed by atoms with Crippen molar-refractivity contribution in [1.29, 1.82) is 0 Å². The van der Waals surface area contributed by atoms with Crippen molar-refractivity contribution in [2.75, 3.05) is 13.2 Å². The third kappa shape index (κ3) is 4.39. The molecular weight excluding hydrogens is 358 g/mol. The molecule has 1 aliphatic rings. The lowest BCUT2D eigenvalue weighted by Crippen LogP contribution is -2.43. The Balaban J connectivity index is 1.62. The van der Waals surface area contributed by atoms with Crippen molar-refractivity contribution in [2.24, 2.45) is 0 Å². The Bertz CT molecular complexity index is 875. The highest BCUT2D eigenvalue weighted by atomic mass is 16.5. The molecule has 8 nitrogen and oxygen atoms in total. The Morgan fingerprint density at radius 3 is 2.82 bits per heavy atom. The van der Waals surface area contributed by atoms with E-state index in [1.165, 1.54) is 0 Å². The Morgan fingerprint density at radius 1 is 1.29 bits per heavy atom. The predicted molar refractivity (Wildman–Crippen MR) is 104 cm³/mol. The molecule has 2 aromatic heterocycles. The van der Waals surface area contributed by atoms with E-state index < -0.39 is 5.97 Å². The van der Waals surface area contributed by atoms with Gasteiger partial charge in [0.05, 0.1) is 12.3 Å². The number of esters is 1. The van der Waals surface area contributed by atoms with Gasteiger partial charge in [0.25, 0.3) is 0 Å². The van der Waals surface area contributed by atoms with E-state index in [2.05, 4.69) is 26.8 Å². The van der Waals surface area contributed by atoms with Crippen molar-refractivity contribution in [3.05, 3.63) is 53.5 Å². The smallest absolute Gasteiger partial charge is 0.325 e. The van der Waals surface area contributed by atoms with Crippen molar-refractivity contribution in [2.45, 2.75) is 39.2 Å². The monoisotopic (exact) mass is 383 g/mol. The van der Waals surface area contributed by atoms with Crippen LogP contribution in [-0.4, -0.2) is 46.0 Å². The number of ether oxygens (including phenoxy) is 1. The van der Waals surface area contributed by atoms with Gasteiger partial charge in [-0.25, -0.2) is 14.5 Å². The Labute approximate surface area is 164 Å². The first-order chi connectivity index (χ1) is 13.5. The number of nitrogens with zero attached hydrogens (tertiary/aromatic N) is 3. The molecule has 2 heterocycles. The van der Waals surface area contributed by atoms with Crippen molar-refractivity contribution in [1.82, 2.24) is 25.4 Å². The predicted octanol–water partition coefficient (Wildman–Crippen LogP) is 2.16. The second-order valence-electron chi connectivity index (χ2n) is 6.65. The normalized spacial score (nSPS) is 18.1. The molecule has 0 aliphatic heterocycles. The molecule has 0 saturated heterocycles. The molecular formula is C20H25N5O3. The average molecular weight is 383 g/mol. The van der Waals surface area contributed by atoms with Gasteiger partial charge in [-0.1, -0.05) is 18.2 Å². The Morgan fingerprint density at radius 2 is 2.11 bits per heavy atom. The van der Waals surface area contributed by atoms with Gasteiger partial charge in [0.15, 0.2) is 5.82 Å². The summed E-state index contributed by atoms with van der Waals surface area (Å²) >= 11 is 0. The number of aromatic nitrogens is 3. The lowest BCUT2D eigenvalue weighted by molar-refractivity contribution is -0.141. The molecule has 3 rings (SSSR count). The van der Waals surface area contributed by atoms with Gasteiger partial charge in [0.1, 0.15) is 6.54 Å². The summed E-state index contributed by atoms with van der Waals surface area (Å²) in [6, 6.07) is 5.23. The van der Waals surface area contributed by atoms with Crippen molar-refractivity contribution < 1.29 is 14.3 Å². The first kappa shape index (κ1) is 19.6. The van der Waals surface area contributed by atoms with E-state index in [0.717, 1.165) is 29.2 Å². The molecule has 0 spiro atoms. The van der Waals surface area contributed by atoms with Crippen LogP contribution in [0.1, 0.15) is 36.2 Å². The number of rotatable bonds is 6. The number of amides is 2. The topological polar surface area (TPSA) is 98.1 Å². The highest BCUT2D eigenvalue weighted by molar-refractivity contribution is 5.81. The molecule has 1 aliphatic carbocycles. The third-order valence-electron chi connectivity index (χ3n) is 4.68. The summed E-state index contributed by atoms with van der Waals surface area (Å²) in [4.78, 5) is 27.7. The number of urea groups is 1. The molecule has 0 aromatic carbocycles.